The van der Waals surface area contributed by atoms with Gasteiger partial charge in [-0.25, -0.2) is 9.67 Å². The second kappa shape index (κ2) is 5.70. The van der Waals surface area contributed by atoms with Crippen molar-refractivity contribution in [2.45, 2.75) is 0 Å². The molecule has 2 aromatic carbocycles. The number of hydrogen-bond acceptors (Lipinski definition) is 3. The Hall–Kier alpha value is -3.34. The Balaban J connectivity index is 1.89. The first-order valence-electron chi connectivity index (χ1n) is 7.58. The van der Waals surface area contributed by atoms with E-state index in [2.05, 4.69) is 10.1 Å². The highest BCUT2D eigenvalue weighted by molar-refractivity contribution is 5.79. The van der Waals surface area contributed by atoms with Gasteiger partial charge in [-0.2, -0.15) is 0 Å². The van der Waals surface area contributed by atoms with E-state index < -0.39 is 0 Å². The number of fused-ring (bicyclic) bond motifs is 1. The maximum atomic E-state index is 12.6. The number of ether oxygens (including phenoxy) is 1. The third kappa shape index (κ3) is 2.27. The molecule has 118 valence electrons. The molecule has 0 unspecified atom stereocenters. The van der Waals surface area contributed by atoms with Gasteiger partial charge in [-0.05, 0) is 36.4 Å². The van der Waals surface area contributed by atoms with Crippen LogP contribution in [0.2, 0.25) is 0 Å². The van der Waals surface area contributed by atoms with Crippen LogP contribution < -0.4 is 10.3 Å². The molecule has 5 heteroatoms. The van der Waals surface area contributed by atoms with Gasteiger partial charge in [0.1, 0.15) is 5.75 Å². The third-order valence-corrected chi connectivity index (χ3v) is 3.94. The van der Waals surface area contributed by atoms with Crippen molar-refractivity contribution < 1.29 is 4.74 Å². The van der Waals surface area contributed by atoms with Crippen LogP contribution in [-0.4, -0.2) is 21.9 Å². The van der Waals surface area contributed by atoms with Crippen LogP contribution in [0.1, 0.15) is 0 Å². The molecule has 0 bridgehead atoms. The molecule has 0 aliphatic carbocycles. The molecule has 2 heterocycles. The maximum absolute atomic E-state index is 12.6. The van der Waals surface area contributed by atoms with Gasteiger partial charge >= 0.3 is 0 Å². The molecule has 24 heavy (non-hydrogen) atoms. The van der Waals surface area contributed by atoms with Crippen LogP contribution in [0.3, 0.4) is 0 Å². The third-order valence-electron chi connectivity index (χ3n) is 3.94. The summed E-state index contributed by atoms with van der Waals surface area (Å²) in [6.45, 7) is 0. The van der Waals surface area contributed by atoms with Crippen LogP contribution in [0.25, 0.3) is 28.0 Å². The Labute approximate surface area is 138 Å². The summed E-state index contributed by atoms with van der Waals surface area (Å²) in [6, 6.07) is 20.7. The quantitative estimate of drug-likeness (QED) is 0.630. The smallest absolute Gasteiger partial charge is 0.280 e. The Morgan fingerprint density at radius 1 is 0.958 bits per heavy atom. The monoisotopic (exact) mass is 317 g/mol. The number of nitrogens with one attached hydrogen (secondary N) is 1. The van der Waals surface area contributed by atoms with Crippen LogP contribution in [0.15, 0.2) is 71.5 Å². The predicted molar refractivity (Wildman–Crippen MR) is 93.7 cm³/mol. The minimum absolute atomic E-state index is 0.115. The molecule has 0 saturated carbocycles. The Morgan fingerprint density at radius 3 is 2.50 bits per heavy atom. The standard InChI is InChI=1S/C19H15N3O2/c1-24-17-10-6-5-9-14(17)16-12-11-15-18(20-16)21-22(19(15)23)13-7-3-2-4-8-13/h2-12H,1H3,(H,20,21). The molecule has 2 aromatic heterocycles. The number of nitrogens with zero attached hydrogens (tertiary/aromatic N) is 2. The van der Waals surface area contributed by atoms with E-state index in [9.17, 15) is 4.79 Å². The lowest BCUT2D eigenvalue weighted by molar-refractivity contribution is 0.416. The molecule has 5 nitrogen and oxygen atoms in total. The molecular formula is C19H15N3O2. The SMILES string of the molecule is COc1ccccc1-c1ccc2c(=O)n(-c3ccccc3)[nH]c2n1. The average molecular weight is 317 g/mol. The summed E-state index contributed by atoms with van der Waals surface area (Å²) in [5.41, 5.74) is 2.85. The van der Waals surface area contributed by atoms with E-state index in [4.69, 9.17) is 4.74 Å². The molecule has 1 N–H and O–H groups in total. The lowest BCUT2D eigenvalue weighted by atomic mass is 10.1. The first-order valence-corrected chi connectivity index (χ1v) is 7.58. The van der Waals surface area contributed by atoms with Gasteiger partial charge in [0.15, 0.2) is 5.65 Å². The zero-order valence-corrected chi connectivity index (χ0v) is 13.1. The summed E-state index contributed by atoms with van der Waals surface area (Å²) >= 11 is 0. The molecule has 0 fully saturated rings. The Kier molecular flexibility index (Phi) is 3.39. The Morgan fingerprint density at radius 2 is 1.71 bits per heavy atom. The van der Waals surface area contributed by atoms with Crippen LogP contribution in [0.5, 0.6) is 5.75 Å². The summed E-state index contributed by atoms with van der Waals surface area (Å²) in [5.74, 6) is 0.745. The molecule has 4 aromatic rings. The first-order chi connectivity index (χ1) is 11.8. The number of aromatic nitrogens is 3. The number of pyridine rings is 1. The highest BCUT2D eigenvalue weighted by atomic mass is 16.5. The number of benzene rings is 2. The van der Waals surface area contributed by atoms with Crippen molar-refractivity contribution in [3.8, 4) is 22.7 Å². The van der Waals surface area contributed by atoms with Crippen molar-refractivity contribution in [1.82, 2.24) is 14.8 Å². The van der Waals surface area contributed by atoms with Gasteiger partial charge in [-0.3, -0.25) is 9.89 Å². The number of H-pyrrole nitrogens is 1. The number of methoxy groups -OCH3 is 1. The maximum Gasteiger partial charge on any atom is 0.280 e. The fourth-order valence-electron chi connectivity index (χ4n) is 2.76. The van der Waals surface area contributed by atoms with Gasteiger partial charge in [-0.15, -0.1) is 0 Å². The van der Waals surface area contributed by atoms with Gasteiger partial charge in [0.25, 0.3) is 5.56 Å². The lowest BCUT2D eigenvalue weighted by Crippen LogP contribution is -2.13. The van der Waals surface area contributed by atoms with Crippen molar-refractivity contribution in [3.63, 3.8) is 0 Å². The molecular weight excluding hydrogens is 302 g/mol. The van der Waals surface area contributed by atoms with E-state index in [1.54, 1.807) is 13.2 Å². The fraction of sp³-hybridized carbons (Fsp3) is 0.0526. The van der Waals surface area contributed by atoms with E-state index in [1.807, 2.05) is 60.7 Å². The normalized spacial score (nSPS) is 10.9. The molecule has 0 saturated heterocycles. The van der Waals surface area contributed by atoms with E-state index >= 15 is 0 Å². The van der Waals surface area contributed by atoms with Crippen molar-refractivity contribution in [2.75, 3.05) is 7.11 Å². The van der Waals surface area contributed by atoms with E-state index in [0.717, 1.165) is 22.7 Å². The largest absolute Gasteiger partial charge is 0.496 e. The van der Waals surface area contributed by atoms with Gasteiger partial charge in [0, 0.05) is 5.56 Å². The molecule has 0 aliphatic heterocycles. The minimum atomic E-state index is -0.115. The number of hydrogen-bond donors (Lipinski definition) is 1. The predicted octanol–water partition coefficient (Wildman–Crippen LogP) is 3.39. The summed E-state index contributed by atoms with van der Waals surface area (Å²) in [7, 11) is 1.63. The van der Waals surface area contributed by atoms with Gasteiger partial charge < -0.3 is 4.74 Å². The van der Waals surface area contributed by atoms with Gasteiger partial charge in [0.05, 0.1) is 23.9 Å². The average Bonchev–Trinajstić information content (AvgIpc) is 2.98. The zero-order chi connectivity index (χ0) is 16.5. The van der Waals surface area contributed by atoms with Gasteiger partial charge in [-0.1, -0.05) is 30.3 Å². The zero-order valence-electron chi connectivity index (χ0n) is 13.1. The van der Waals surface area contributed by atoms with E-state index in [1.165, 1.54) is 4.68 Å². The van der Waals surface area contributed by atoms with Crippen molar-refractivity contribution in [2.24, 2.45) is 0 Å². The number of aromatic amines is 1. The number of rotatable bonds is 3. The highest BCUT2D eigenvalue weighted by Crippen LogP contribution is 2.28. The fourth-order valence-corrected chi connectivity index (χ4v) is 2.76. The molecule has 0 aliphatic rings. The first kappa shape index (κ1) is 14.3. The lowest BCUT2D eigenvalue weighted by Gasteiger charge is -2.07. The molecule has 0 spiro atoms. The van der Waals surface area contributed by atoms with Gasteiger partial charge in [0.2, 0.25) is 0 Å². The molecule has 4 rings (SSSR count). The van der Waals surface area contributed by atoms with Crippen LogP contribution in [-0.2, 0) is 0 Å². The van der Waals surface area contributed by atoms with Crippen molar-refractivity contribution >= 4 is 11.0 Å². The minimum Gasteiger partial charge on any atom is -0.496 e. The molecule has 0 atom stereocenters. The second-order valence-corrected chi connectivity index (χ2v) is 5.38. The number of para-hydroxylation sites is 2. The second-order valence-electron chi connectivity index (χ2n) is 5.38. The molecule has 0 amide bonds. The van der Waals surface area contributed by atoms with Crippen molar-refractivity contribution in [1.29, 1.82) is 0 Å². The summed E-state index contributed by atoms with van der Waals surface area (Å²) < 4.78 is 6.90. The van der Waals surface area contributed by atoms with Crippen LogP contribution >= 0.6 is 0 Å². The summed E-state index contributed by atoms with van der Waals surface area (Å²) in [6.07, 6.45) is 0. The van der Waals surface area contributed by atoms with E-state index in [-0.39, 0.29) is 5.56 Å². The molecule has 0 radical (unpaired) electrons. The Bertz CT molecular complexity index is 1060. The summed E-state index contributed by atoms with van der Waals surface area (Å²) in [4.78, 5) is 17.2. The summed E-state index contributed by atoms with van der Waals surface area (Å²) in [5, 5.41) is 3.63. The topological polar surface area (TPSA) is 59.9 Å². The van der Waals surface area contributed by atoms with Crippen LogP contribution in [0.4, 0.5) is 0 Å². The van der Waals surface area contributed by atoms with E-state index in [0.29, 0.717) is 11.0 Å². The van der Waals surface area contributed by atoms with Crippen molar-refractivity contribution in [3.05, 3.63) is 77.1 Å². The van der Waals surface area contributed by atoms with Crippen LogP contribution in [0, 0.1) is 0 Å². The highest BCUT2D eigenvalue weighted by Gasteiger charge is 2.12.